The van der Waals surface area contributed by atoms with Gasteiger partial charge in [-0.1, -0.05) is 54.6 Å². The minimum Gasteiger partial charge on any atom is -0.378 e. The fourth-order valence-electron chi connectivity index (χ4n) is 7.25. The van der Waals surface area contributed by atoms with Crippen molar-refractivity contribution >= 4 is 39.5 Å². The number of anilines is 1. The Morgan fingerprint density at radius 1 is 0.651 bits per heavy atom. The highest BCUT2D eigenvalue weighted by atomic mass is 15.1. The lowest BCUT2D eigenvalue weighted by atomic mass is 9.88. The van der Waals surface area contributed by atoms with E-state index in [1.54, 1.807) is 0 Å². The van der Waals surface area contributed by atoms with Crippen molar-refractivity contribution in [2.24, 2.45) is 0 Å². The van der Waals surface area contributed by atoms with Crippen LogP contribution in [0.15, 0.2) is 103 Å². The number of rotatable bonds is 3. The van der Waals surface area contributed by atoms with E-state index < -0.39 is 0 Å². The van der Waals surface area contributed by atoms with Crippen molar-refractivity contribution in [2.45, 2.75) is 38.8 Å². The second kappa shape index (κ2) is 10.5. The predicted molar refractivity (Wildman–Crippen MR) is 179 cm³/mol. The Morgan fingerprint density at radius 3 is 2.26 bits per heavy atom. The second-order valence-electron chi connectivity index (χ2n) is 12.3. The Balaban J connectivity index is 1.32. The number of pyridine rings is 2. The third-order valence-corrected chi connectivity index (χ3v) is 9.41. The number of para-hydroxylation sites is 1. The number of aryl methyl sites for hydroxylation is 4. The van der Waals surface area contributed by atoms with Gasteiger partial charge in [0, 0.05) is 56.9 Å². The summed E-state index contributed by atoms with van der Waals surface area (Å²) in [7, 11) is 4.18. The van der Waals surface area contributed by atoms with E-state index >= 15 is 0 Å². The summed E-state index contributed by atoms with van der Waals surface area (Å²) < 4.78 is 5.06. The minimum absolute atomic E-state index is 1.03. The summed E-state index contributed by atoms with van der Waals surface area (Å²) in [5.41, 5.74) is 13.5. The molecule has 2 aliphatic heterocycles. The number of fused-ring (bicyclic) bond motifs is 10. The first-order valence-electron chi connectivity index (χ1n) is 15.6. The van der Waals surface area contributed by atoms with E-state index in [-0.39, 0.29) is 0 Å². The second-order valence-corrected chi connectivity index (χ2v) is 12.3. The quantitative estimate of drug-likeness (QED) is 0.200. The zero-order chi connectivity index (χ0) is 28.9. The molecule has 0 atom stereocenters. The average molecular weight is 560 g/mol. The molecule has 3 heteroatoms. The van der Waals surface area contributed by atoms with Crippen LogP contribution in [0.5, 0.6) is 0 Å². The maximum absolute atomic E-state index is 2.59. The largest absolute Gasteiger partial charge is 0.378 e. The molecular weight excluding hydrogens is 522 g/mol. The van der Waals surface area contributed by atoms with Crippen molar-refractivity contribution in [1.29, 1.82) is 0 Å². The molecule has 0 N–H and O–H groups in total. The maximum Gasteiger partial charge on any atom is 0.214 e. The van der Waals surface area contributed by atoms with Crippen LogP contribution in [-0.2, 0) is 25.9 Å². The number of hydrogen-bond donors (Lipinski definition) is 0. The van der Waals surface area contributed by atoms with E-state index in [9.17, 15) is 0 Å². The molecule has 3 nitrogen and oxygen atoms in total. The molecule has 0 fully saturated rings. The van der Waals surface area contributed by atoms with Crippen molar-refractivity contribution in [2.75, 3.05) is 19.0 Å². The van der Waals surface area contributed by atoms with Crippen LogP contribution in [-0.4, -0.2) is 14.1 Å². The summed E-state index contributed by atoms with van der Waals surface area (Å²) in [6, 6.07) is 36.4. The van der Waals surface area contributed by atoms with Crippen LogP contribution in [0.2, 0.25) is 0 Å². The van der Waals surface area contributed by atoms with Gasteiger partial charge in [0.2, 0.25) is 16.9 Å². The standard InChI is InChI=1S/C40H37N3/c1-41(2)34-21-20-31-25-28(14-16-32(31)26-34)15-17-33-27-38-40-30(10-8-24-43(38)36-12-4-3-11-35(33)36)19-18-29-9-7-23-42-22-6-5-13-37(42)39(29)40/h3-6,11-22,25-27H,7-10,23-24H2,1-2H3/q+2. The number of aromatic nitrogens is 2. The first kappa shape index (κ1) is 25.9. The molecule has 0 amide bonds. The van der Waals surface area contributed by atoms with Crippen molar-refractivity contribution < 1.29 is 9.13 Å². The fraction of sp³-hybridized carbons (Fsp3) is 0.200. The van der Waals surface area contributed by atoms with Crippen LogP contribution in [0.25, 0.3) is 56.3 Å². The SMILES string of the molecule is CN(C)c1ccc2cc(/C=C/c3cc4[n+](c5ccccc35)CCCc3ccc5c(c3-4)-c3cccc[n+]3CCC5)ccc2c1. The highest BCUT2D eigenvalue weighted by Gasteiger charge is 2.32. The maximum atomic E-state index is 2.59. The van der Waals surface area contributed by atoms with Crippen LogP contribution in [0.4, 0.5) is 5.69 Å². The summed E-state index contributed by atoms with van der Waals surface area (Å²) in [4.78, 5) is 2.16. The lowest BCUT2D eigenvalue weighted by Crippen LogP contribution is -2.37. The van der Waals surface area contributed by atoms with Gasteiger partial charge in [-0.15, -0.1) is 0 Å². The third-order valence-electron chi connectivity index (χ3n) is 9.41. The Kier molecular flexibility index (Phi) is 6.33. The van der Waals surface area contributed by atoms with Gasteiger partial charge in [-0.25, -0.2) is 0 Å². The van der Waals surface area contributed by atoms with E-state index in [2.05, 4.69) is 144 Å². The van der Waals surface area contributed by atoms with E-state index in [1.807, 2.05) is 0 Å². The molecule has 2 aromatic heterocycles. The molecule has 4 aromatic carbocycles. The number of hydrogen-bond acceptors (Lipinski definition) is 1. The first-order valence-corrected chi connectivity index (χ1v) is 15.6. The van der Waals surface area contributed by atoms with E-state index in [0.717, 1.165) is 32.4 Å². The zero-order valence-electron chi connectivity index (χ0n) is 25.1. The molecule has 0 bridgehead atoms. The molecule has 0 aliphatic carbocycles. The highest BCUT2D eigenvalue weighted by molar-refractivity contribution is 5.94. The van der Waals surface area contributed by atoms with Gasteiger partial charge in [0.15, 0.2) is 6.20 Å². The van der Waals surface area contributed by atoms with Crippen molar-refractivity contribution in [3.8, 4) is 22.5 Å². The molecule has 8 rings (SSSR count). The number of nitrogens with zero attached hydrogens (tertiary/aromatic N) is 3. The summed E-state index contributed by atoms with van der Waals surface area (Å²) in [5.74, 6) is 0. The predicted octanol–water partition coefficient (Wildman–Crippen LogP) is 8.03. The van der Waals surface area contributed by atoms with Crippen LogP contribution < -0.4 is 14.0 Å². The third kappa shape index (κ3) is 4.51. The zero-order valence-corrected chi connectivity index (χ0v) is 25.1. The van der Waals surface area contributed by atoms with E-state index in [0.29, 0.717) is 0 Å². The lowest BCUT2D eigenvalue weighted by molar-refractivity contribution is -0.686. The van der Waals surface area contributed by atoms with Gasteiger partial charge in [-0.3, -0.25) is 0 Å². The molecule has 2 aliphatic rings. The van der Waals surface area contributed by atoms with E-state index in [1.165, 1.54) is 78.6 Å². The molecule has 0 saturated heterocycles. The van der Waals surface area contributed by atoms with Crippen molar-refractivity contribution in [3.63, 3.8) is 0 Å². The fourth-order valence-corrected chi connectivity index (χ4v) is 7.25. The summed E-state index contributed by atoms with van der Waals surface area (Å²) in [5, 5.41) is 3.84. The molecule has 0 saturated carbocycles. The van der Waals surface area contributed by atoms with Gasteiger partial charge in [0.1, 0.15) is 13.1 Å². The molecule has 0 radical (unpaired) electrons. The van der Waals surface area contributed by atoms with Gasteiger partial charge in [-0.05, 0) is 76.2 Å². The van der Waals surface area contributed by atoms with Crippen molar-refractivity contribution in [3.05, 3.63) is 126 Å². The highest BCUT2D eigenvalue weighted by Crippen LogP contribution is 2.40. The van der Waals surface area contributed by atoms with Gasteiger partial charge >= 0.3 is 0 Å². The van der Waals surface area contributed by atoms with Gasteiger partial charge in [0.25, 0.3) is 0 Å². The lowest BCUT2D eigenvalue weighted by Gasteiger charge is -2.15. The van der Waals surface area contributed by atoms with Gasteiger partial charge in [0.05, 0.1) is 16.5 Å². The van der Waals surface area contributed by atoms with E-state index in [4.69, 9.17) is 0 Å². The Labute approximate surface area is 254 Å². The topological polar surface area (TPSA) is 11.0 Å². The van der Waals surface area contributed by atoms with Crippen LogP contribution in [0.1, 0.15) is 35.1 Å². The molecule has 0 unspecified atom stereocenters. The first-order chi connectivity index (χ1) is 21.1. The molecule has 0 spiro atoms. The number of benzene rings is 4. The smallest absolute Gasteiger partial charge is 0.214 e. The monoisotopic (exact) mass is 559 g/mol. The van der Waals surface area contributed by atoms with Crippen molar-refractivity contribution in [1.82, 2.24) is 0 Å². The summed E-state index contributed by atoms with van der Waals surface area (Å²) in [6.45, 7) is 2.09. The average Bonchev–Trinajstić information content (AvgIpc) is 3.35. The molecule has 4 heterocycles. The molecule has 43 heavy (non-hydrogen) atoms. The summed E-state index contributed by atoms with van der Waals surface area (Å²) in [6.07, 6.45) is 11.4. The Morgan fingerprint density at radius 2 is 1.40 bits per heavy atom. The van der Waals surface area contributed by atoms with Crippen LogP contribution >= 0.6 is 0 Å². The Bertz CT molecular complexity index is 2070. The minimum atomic E-state index is 1.03. The Hall–Kier alpha value is -4.76. The van der Waals surface area contributed by atoms with Gasteiger partial charge < -0.3 is 4.90 Å². The molecular formula is C40H37N3+2. The molecule has 6 aromatic rings. The van der Waals surface area contributed by atoms with Crippen LogP contribution in [0.3, 0.4) is 0 Å². The van der Waals surface area contributed by atoms with Gasteiger partial charge in [-0.2, -0.15) is 9.13 Å². The normalized spacial score (nSPS) is 14.1. The molecule has 210 valence electrons. The van der Waals surface area contributed by atoms with Crippen LogP contribution in [0, 0.1) is 0 Å². The summed E-state index contributed by atoms with van der Waals surface area (Å²) >= 11 is 0.